The van der Waals surface area contributed by atoms with E-state index in [9.17, 15) is 0 Å². The molecule has 0 spiro atoms. The van der Waals surface area contributed by atoms with Crippen molar-refractivity contribution in [1.82, 2.24) is 0 Å². The highest BCUT2D eigenvalue weighted by molar-refractivity contribution is 7.46. The van der Waals surface area contributed by atoms with Gasteiger partial charge in [0.25, 0.3) is 0 Å². The van der Waals surface area contributed by atoms with Crippen molar-refractivity contribution in [1.29, 1.82) is 0 Å². The zero-order valence-corrected chi connectivity index (χ0v) is 20.1. The van der Waals surface area contributed by atoms with Gasteiger partial charge in [-0.2, -0.15) is 0 Å². The molecule has 0 fully saturated rings. The molecule has 0 bridgehead atoms. The van der Waals surface area contributed by atoms with E-state index in [2.05, 4.69) is 120 Å². The lowest BCUT2D eigenvalue weighted by Crippen LogP contribution is -2.36. The van der Waals surface area contributed by atoms with Crippen LogP contribution in [0.1, 0.15) is 47.1 Å². The zero-order chi connectivity index (χ0) is 20.4. The Kier molecular flexibility index (Phi) is 6.34. The molecule has 2 heteroatoms. The molecule has 0 amide bonds. The van der Waals surface area contributed by atoms with Gasteiger partial charge in [-0.1, -0.05) is 120 Å². The van der Waals surface area contributed by atoms with E-state index in [-0.39, 0.29) is 10.3 Å². The van der Waals surface area contributed by atoms with Crippen LogP contribution in [-0.4, -0.2) is 16.0 Å². The second-order valence-corrected chi connectivity index (χ2v) is 14.8. The normalized spacial score (nSPS) is 23.3. The Morgan fingerprint density at radius 1 is 0.750 bits per heavy atom. The summed E-state index contributed by atoms with van der Waals surface area (Å²) in [6, 6.07) is 20.0. The van der Waals surface area contributed by atoms with Gasteiger partial charge in [-0.05, 0) is 27.0 Å². The molecule has 0 aromatic heterocycles. The van der Waals surface area contributed by atoms with Gasteiger partial charge in [0, 0.05) is 10.8 Å². The molecule has 2 aromatic rings. The summed E-state index contributed by atoms with van der Waals surface area (Å²) in [4.78, 5) is 0. The molecule has 1 aliphatic carbocycles. The van der Waals surface area contributed by atoms with Crippen molar-refractivity contribution in [3.63, 3.8) is 0 Å². The molecule has 0 radical (unpaired) electrons. The monoisotopic (exact) mass is 408 g/mol. The van der Waals surface area contributed by atoms with Crippen LogP contribution in [0.15, 0.2) is 78.9 Å². The summed E-state index contributed by atoms with van der Waals surface area (Å²) in [5.74, 6) is 0. The van der Waals surface area contributed by atoms with Crippen LogP contribution in [0, 0.1) is 0 Å². The van der Waals surface area contributed by atoms with Crippen molar-refractivity contribution in [2.75, 3.05) is 0 Å². The third kappa shape index (κ3) is 5.03. The average Bonchev–Trinajstić information content (AvgIpc) is 2.62. The van der Waals surface area contributed by atoms with Gasteiger partial charge >= 0.3 is 0 Å². The van der Waals surface area contributed by atoms with Crippen molar-refractivity contribution in [3.8, 4) is 11.1 Å². The molecule has 0 nitrogen and oxygen atoms in total. The van der Waals surface area contributed by atoms with E-state index >= 15 is 0 Å². The highest BCUT2D eigenvalue weighted by Crippen LogP contribution is 2.61. The predicted octanol–water partition coefficient (Wildman–Crippen LogP) is 8.00. The Bertz CT molecular complexity index is 850. The standard InChI is InChI=1S/C26H34P2/c1-24(2,3)27-23-18-12-13-19-26(23,28-25(4,5)6)22-17-11-10-16-21(22)20-14-8-7-9-15-20/h7-19,23,27-28H,1-6H3. The molecule has 4 unspecified atom stereocenters. The zero-order valence-electron chi connectivity index (χ0n) is 18.1. The first-order chi connectivity index (χ1) is 13.1. The van der Waals surface area contributed by atoms with Gasteiger partial charge < -0.3 is 0 Å². The summed E-state index contributed by atoms with van der Waals surface area (Å²) >= 11 is 0. The molecular formula is C26H34P2. The molecular weight excluding hydrogens is 374 g/mol. The highest BCUT2D eigenvalue weighted by atomic mass is 31.1. The summed E-state index contributed by atoms with van der Waals surface area (Å²) in [6.07, 6.45) is 9.54. The van der Waals surface area contributed by atoms with Gasteiger partial charge in [0.1, 0.15) is 0 Å². The van der Waals surface area contributed by atoms with Crippen LogP contribution in [0.5, 0.6) is 0 Å². The van der Waals surface area contributed by atoms with Crippen LogP contribution >= 0.6 is 17.2 Å². The van der Waals surface area contributed by atoms with Crippen LogP contribution in [0.25, 0.3) is 11.1 Å². The van der Waals surface area contributed by atoms with Crippen LogP contribution in [0.2, 0.25) is 0 Å². The van der Waals surface area contributed by atoms with Crippen molar-refractivity contribution in [3.05, 3.63) is 84.5 Å². The molecule has 0 N–H and O–H groups in total. The molecule has 0 saturated heterocycles. The summed E-state index contributed by atoms with van der Waals surface area (Å²) in [5.41, 5.74) is 4.71. The summed E-state index contributed by atoms with van der Waals surface area (Å²) < 4.78 is 0. The largest absolute Gasteiger partial charge is 0.108 e. The predicted molar refractivity (Wildman–Crippen MR) is 132 cm³/mol. The maximum absolute atomic E-state index is 2.52. The molecule has 28 heavy (non-hydrogen) atoms. The number of benzene rings is 2. The minimum Gasteiger partial charge on any atom is -0.108 e. The SMILES string of the molecule is CC(C)(C)PC1C=CC=CC1(PC(C)(C)C)c1ccccc1-c1ccccc1. The number of hydrogen-bond donors (Lipinski definition) is 0. The van der Waals surface area contributed by atoms with Crippen LogP contribution in [0.4, 0.5) is 0 Å². The fraction of sp³-hybridized carbons (Fsp3) is 0.385. The molecule has 3 rings (SSSR count). The molecule has 4 atom stereocenters. The van der Waals surface area contributed by atoms with Crippen molar-refractivity contribution in [2.24, 2.45) is 0 Å². The van der Waals surface area contributed by atoms with E-state index < -0.39 is 0 Å². The molecule has 0 heterocycles. The van der Waals surface area contributed by atoms with Gasteiger partial charge in [0.15, 0.2) is 0 Å². The lowest BCUT2D eigenvalue weighted by molar-refractivity contribution is 0.705. The van der Waals surface area contributed by atoms with Gasteiger partial charge in [0.05, 0.1) is 0 Å². The summed E-state index contributed by atoms with van der Waals surface area (Å²) in [5, 5.41) is 0.626. The number of rotatable bonds is 4. The Morgan fingerprint density at radius 3 is 2.04 bits per heavy atom. The molecule has 0 aliphatic heterocycles. The van der Waals surface area contributed by atoms with Gasteiger partial charge in [-0.15, -0.1) is 17.2 Å². The first kappa shape index (κ1) is 21.5. The molecule has 0 saturated carbocycles. The smallest absolute Gasteiger partial charge is 0.0416 e. The number of allylic oxidation sites excluding steroid dienone is 4. The Morgan fingerprint density at radius 2 is 1.39 bits per heavy atom. The lowest BCUT2D eigenvalue weighted by atomic mass is 9.85. The lowest BCUT2D eigenvalue weighted by Gasteiger charge is -2.46. The Hall–Kier alpha value is -1.22. The van der Waals surface area contributed by atoms with Crippen LogP contribution in [0.3, 0.4) is 0 Å². The Labute approximate surface area is 175 Å². The van der Waals surface area contributed by atoms with Gasteiger partial charge in [-0.25, -0.2) is 0 Å². The van der Waals surface area contributed by atoms with E-state index in [4.69, 9.17) is 0 Å². The number of hydrogen-bond acceptors (Lipinski definition) is 0. The molecule has 1 aliphatic rings. The van der Waals surface area contributed by atoms with E-state index in [0.29, 0.717) is 10.8 Å². The third-order valence-electron chi connectivity index (χ3n) is 4.89. The van der Waals surface area contributed by atoms with Crippen molar-refractivity contribution >= 4 is 17.2 Å². The third-order valence-corrected chi connectivity index (χ3v) is 8.92. The first-order valence-electron chi connectivity index (χ1n) is 10.2. The van der Waals surface area contributed by atoms with Crippen LogP contribution in [-0.2, 0) is 5.16 Å². The molecule has 2 aromatic carbocycles. The minimum absolute atomic E-state index is 0.0468. The molecule has 148 valence electrons. The Balaban J connectivity index is 2.22. The van der Waals surface area contributed by atoms with Crippen molar-refractivity contribution < 1.29 is 0 Å². The maximum Gasteiger partial charge on any atom is 0.0416 e. The summed E-state index contributed by atoms with van der Waals surface area (Å²) in [7, 11) is 1.69. The quantitative estimate of drug-likeness (QED) is 0.450. The van der Waals surface area contributed by atoms with E-state index in [1.807, 2.05) is 0 Å². The summed E-state index contributed by atoms with van der Waals surface area (Å²) in [6.45, 7) is 14.3. The fourth-order valence-electron chi connectivity index (χ4n) is 4.04. The van der Waals surface area contributed by atoms with E-state index in [1.54, 1.807) is 0 Å². The first-order valence-corrected chi connectivity index (χ1v) is 12.3. The topological polar surface area (TPSA) is 0 Å². The van der Waals surface area contributed by atoms with Gasteiger partial charge in [-0.3, -0.25) is 0 Å². The van der Waals surface area contributed by atoms with Crippen molar-refractivity contribution in [2.45, 2.75) is 62.7 Å². The van der Waals surface area contributed by atoms with E-state index in [0.717, 1.165) is 17.2 Å². The van der Waals surface area contributed by atoms with Crippen LogP contribution < -0.4 is 0 Å². The van der Waals surface area contributed by atoms with Gasteiger partial charge in [0.2, 0.25) is 0 Å². The van der Waals surface area contributed by atoms with E-state index in [1.165, 1.54) is 16.7 Å². The minimum atomic E-state index is 0.0468. The maximum atomic E-state index is 2.52. The highest BCUT2D eigenvalue weighted by Gasteiger charge is 2.43. The fourth-order valence-corrected chi connectivity index (χ4v) is 8.12. The average molecular weight is 409 g/mol. The second-order valence-electron chi connectivity index (χ2n) is 9.77. The second kappa shape index (κ2) is 8.26.